The molecule has 0 amide bonds. The van der Waals surface area contributed by atoms with E-state index in [1.54, 1.807) is 24.3 Å². The molecule has 1 heterocycles. The van der Waals surface area contributed by atoms with Gasteiger partial charge in [-0.2, -0.15) is 0 Å². The van der Waals surface area contributed by atoms with Gasteiger partial charge in [0, 0.05) is 17.3 Å². The first-order valence-electron chi connectivity index (χ1n) is 5.87. The summed E-state index contributed by atoms with van der Waals surface area (Å²) in [6, 6.07) is 10.8. The molecule has 5 heteroatoms. The first kappa shape index (κ1) is 12.5. The minimum Gasteiger partial charge on any atom is -0.398 e. The Morgan fingerprint density at radius 2 is 1.60 bits per heavy atom. The molecule has 0 fully saturated rings. The highest BCUT2D eigenvalue weighted by Gasteiger charge is 2.17. The summed E-state index contributed by atoms with van der Waals surface area (Å²) < 4.78 is 40.8. The van der Waals surface area contributed by atoms with E-state index >= 15 is 0 Å². The standard InChI is InChI=1S/C15H9F3N2/c16-9-6-10(17)14(18)15-13(9)11(19)7-12(20-15)8-4-2-1-3-5-8/h1-7H,(H2,19,20). The van der Waals surface area contributed by atoms with Gasteiger partial charge >= 0.3 is 0 Å². The molecule has 0 aliphatic heterocycles. The van der Waals surface area contributed by atoms with Crippen LogP contribution in [0.4, 0.5) is 18.9 Å². The molecule has 100 valence electrons. The molecule has 0 unspecified atom stereocenters. The van der Waals surface area contributed by atoms with Gasteiger partial charge in [0.1, 0.15) is 11.3 Å². The van der Waals surface area contributed by atoms with Crippen molar-refractivity contribution in [1.29, 1.82) is 0 Å². The lowest BCUT2D eigenvalue weighted by Gasteiger charge is -2.08. The van der Waals surface area contributed by atoms with Crippen molar-refractivity contribution in [2.45, 2.75) is 0 Å². The van der Waals surface area contributed by atoms with Crippen LogP contribution in [0.3, 0.4) is 0 Å². The van der Waals surface area contributed by atoms with E-state index in [1.807, 2.05) is 6.07 Å². The van der Waals surface area contributed by atoms with Crippen LogP contribution in [0.25, 0.3) is 22.2 Å². The van der Waals surface area contributed by atoms with E-state index in [0.717, 1.165) is 0 Å². The first-order valence-corrected chi connectivity index (χ1v) is 5.87. The predicted octanol–water partition coefficient (Wildman–Crippen LogP) is 3.90. The van der Waals surface area contributed by atoms with Crippen molar-refractivity contribution in [2.24, 2.45) is 0 Å². The number of nitrogens with zero attached hydrogens (tertiary/aromatic N) is 1. The van der Waals surface area contributed by atoms with E-state index in [0.29, 0.717) is 17.3 Å². The van der Waals surface area contributed by atoms with Crippen molar-refractivity contribution in [3.05, 3.63) is 59.9 Å². The minimum atomic E-state index is -1.29. The third-order valence-electron chi connectivity index (χ3n) is 3.03. The number of hydrogen-bond donors (Lipinski definition) is 1. The van der Waals surface area contributed by atoms with Gasteiger partial charge in [0.25, 0.3) is 0 Å². The fourth-order valence-electron chi connectivity index (χ4n) is 2.09. The van der Waals surface area contributed by atoms with Crippen LogP contribution >= 0.6 is 0 Å². The van der Waals surface area contributed by atoms with Crippen molar-refractivity contribution >= 4 is 16.6 Å². The Morgan fingerprint density at radius 3 is 2.30 bits per heavy atom. The molecule has 20 heavy (non-hydrogen) atoms. The zero-order valence-electron chi connectivity index (χ0n) is 10.2. The molecule has 3 aromatic rings. The lowest BCUT2D eigenvalue weighted by Crippen LogP contribution is -1.99. The summed E-state index contributed by atoms with van der Waals surface area (Å²) in [7, 11) is 0. The van der Waals surface area contributed by atoms with Gasteiger partial charge in [-0.25, -0.2) is 18.2 Å². The predicted molar refractivity (Wildman–Crippen MR) is 71.5 cm³/mol. The van der Waals surface area contributed by atoms with Crippen molar-refractivity contribution in [3.8, 4) is 11.3 Å². The number of hydrogen-bond acceptors (Lipinski definition) is 2. The van der Waals surface area contributed by atoms with Crippen LogP contribution in [0.1, 0.15) is 0 Å². The van der Waals surface area contributed by atoms with Crippen LogP contribution in [0.2, 0.25) is 0 Å². The average molecular weight is 274 g/mol. The quantitative estimate of drug-likeness (QED) is 0.683. The lowest BCUT2D eigenvalue weighted by atomic mass is 10.1. The third-order valence-corrected chi connectivity index (χ3v) is 3.03. The van der Waals surface area contributed by atoms with Crippen LogP contribution in [-0.2, 0) is 0 Å². The SMILES string of the molecule is Nc1cc(-c2ccccc2)nc2c(F)c(F)cc(F)c12. The molecule has 3 rings (SSSR count). The van der Waals surface area contributed by atoms with E-state index in [-0.39, 0.29) is 11.1 Å². The number of aromatic nitrogens is 1. The number of anilines is 1. The van der Waals surface area contributed by atoms with Crippen LogP contribution in [-0.4, -0.2) is 4.98 Å². The van der Waals surface area contributed by atoms with Crippen LogP contribution in [0.15, 0.2) is 42.5 Å². The molecule has 2 aromatic carbocycles. The summed E-state index contributed by atoms with van der Waals surface area (Å²) in [6.07, 6.45) is 0. The number of fused-ring (bicyclic) bond motifs is 1. The monoisotopic (exact) mass is 274 g/mol. The van der Waals surface area contributed by atoms with E-state index < -0.39 is 23.0 Å². The van der Waals surface area contributed by atoms with Crippen molar-refractivity contribution in [1.82, 2.24) is 4.98 Å². The molecular formula is C15H9F3N2. The van der Waals surface area contributed by atoms with Crippen LogP contribution in [0, 0.1) is 17.5 Å². The van der Waals surface area contributed by atoms with Gasteiger partial charge in [0.15, 0.2) is 11.6 Å². The van der Waals surface area contributed by atoms with Crippen molar-refractivity contribution in [3.63, 3.8) is 0 Å². The zero-order chi connectivity index (χ0) is 14.3. The van der Waals surface area contributed by atoms with Gasteiger partial charge < -0.3 is 5.73 Å². The number of nitrogen functional groups attached to an aromatic ring is 1. The molecule has 2 nitrogen and oxygen atoms in total. The highest BCUT2D eigenvalue weighted by atomic mass is 19.2. The average Bonchev–Trinajstić information content (AvgIpc) is 2.45. The third kappa shape index (κ3) is 1.87. The van der Waals surface area contributed by atoms with Crippen molar-refractivity contribution < 1.29 is 13.2 Å². The Hall–Kier alpha value is -2.56. The van der Waals surface area contributed by atoms with E-state index in [1.165, 1.54) is 6.07 Å². The van der Waals surface area contributed by atoms with E-state index in [9.17, 15) is 13.2 Å². The number of pyridine rings is 1. The fourth-order valence-corrected chi connectivity index (χ4v) is 2.09. The van der Waals surface area contributed by atoms with Gasteiger partial charge in [0.05, 0.1) is 11.1 Å². The smallest absolute Gasteiger partial charge is 0.185 e. The molecule has 0 saturated carbocycles. The van der Waals surface area contributed by atoms with Gasteiger partial charge in [-0.3, -0.25) is 0 Å². The Kier molecular flexibility index (Phi) is 2.82. The molecule has 0 spiro atoms. The molecule has 0 saturated heterocycles. The Bertz CT molecular complexity index is 801. The zero-order valence-corrected chi connectivity index (χ0v) is 10.2. The second-order valence-electron chi connectivity index (χ2n) is 4.34. The van der Waals surface area contributed by atoms with Crippen molar-refractivity contribution in [2.75, 3.05) is 5.73 Å². The second kappa shape index (κ2) is 4.52. The fraction of sp³-hybridized carbons (Fsp3) is 0. The summed E-state index contributed by atoms with van der Waals surface area (Å²) in [5.74, 6) is -3.42. The number of benzene rings is 2. The van der Waals surface area contributed by atoms with Gasteiger partial charge in [-0.1, -0.05) is 30.3 Å². The summed E-state index contributed by atoms with van der Waals surface area (Å²) in [4.78, 5) is 3.99. The van der Waals surface area contributed by atoms with Gasteiger partial charge in [-0.05, 0) is 6.07 Å². The Labute approximate surface area is 112 Å². The second-order valence-corrected chi connectivity index (χ2v) is 4.34. The summed E-state index contributed by atoms with van der Waals surface area (Å²) in [6.45, 7) is 0. The Balaban J connectivity index is 2.37. The normalized spacial score (nSPS) is 10.9. The highest BCUT2D eigenvalue weighted by molar-refractivity contribution is 5.93. The molecule has 0 aliphatic carbocycles. The molecule has 0 radical (unpaired) electrons. The molecule has 0 aliphatic rings. The number of halogens is 3. The van der Waals surface area contributed by atoms with E-state index in [4.69, 9.17) is 5.73 Å². The Morgan fingerprint density at radius 1 is 0.900 bits per heavy atom. The maximum absolute atomic E-state index is 13.8. The molecule has 0 bridgehead atoms. The molecule has 0 atom stereocenters. The summed E-state index contributed by atoms with van der Waals surface area (Å²) in [5.41, 5.74) is 6.41. The maximum Gasteiger partial charge on any atom is 0.185 e. The van der Waals surface area contributed by atoms with Crippen LogP contribution < -0.4 is 5.73 Å². The number of nitrogens with two attached hydrogens (primary N) is 1. The minimum absolute atomic E-state index is 0.0188. The summed E-state index contributed by atoms with van der Waals surface area (Å²) in [5, 5.41) is -0.205. The van der Waals surface area contributed by atoms with Gasteiger partial charge in [0.2, 0.25) is 0 Å². The largest absolute Gasteiger partial charge is 0.398 e. The van der Waals surface area contributed by atoms with E-state index in [2.05, 4.69) is 4.98 Å². The van der Waals surface area contributed by atoms with Crippen LogP contribution in [0.5, 0.6) is 0 Å². The molecule has 1 aromatic heterocycles. The summed E-state index contributed by atoms with van der Waals surface area (Å²) >= 11 is 0. The molecule has 2 N–H and O–H groups in total. The maximum atomic E-state index is 13.8. The molecular weight excluding hydrogens is 265 g/mol. The first-order chi connectivity index (χ1) is 9.58. The topological polar surface area (TPSA) is 38.9 Å². The lowest BCUT2D eigenvalue weighted by molar-refractivity contribution is 0.504. The number of rotatable bonds is 1. The highest BCUT2D eigenvalue weighted by Crippen LogP contribution is 2.30. The van der Waals surface area contributed by atoms with Gasteiger partial charge in [-0.15, -0.1) is 0 Å².